The van der Waals surface area contributed by atoms with E-state index in [1.165, 1.54) is 28.8 Å². The van der Waals surface area contributed by atoms with E-state index in [0.29, 0.717) is 21.9 Å². The largest absolute Gasteiger partial charge is 0.353 e. The number of hydrogen-bond donors (Lipinski definition) is 2. The zero-order chi connectivity index (χ0) is 22.0. The molecule has 1 atom stereocenters. The monoisotopic (exact) mass is 436 g/mol. The summed E-state index contributed by atoms with van der Waals surface area (Å²) < 4.78 is 14.8. The van der Waals surface area contributed by atoms with Crippen molar-refractivity contribution >= 4 is 28.7 Å². The van der Waals surface area contributed by atoms with E-state index in [0.717, 1.165) is 23.0 Å². The Morgan fingerprint density at radius 3 is 2.61 bits per heavy atom. The minimum atomic E-state index is -0.398. The highest BCUT2D eigenvalue weighted by Gasteiger charge is 2.17. The Balaban J connectivity index is 1.62. The summed E-state index contributed by atoms with van der Waals surface area (Å²) in [4.78, 5) is 33.3. The van der Waals surface area contributed by atoms with Crippen molar-refractivity contribution in [1.82, 2.24) is 19.9 Å². The molecule has 0 aliphatic rings. The van der Waals surface area contributed by atoms with Crippen LogP contribution in [0.15, 0.2) is 70.6 Å². The first kappa shape index (κ1) is 20.9. The van der Waals surface area contributed by atoms with Crippen LogP contribution in [0.3, 0.4) is 0 Å². The fourth-order valence-electron chi connectivity index (χ4n) is 3.33. The number of fused-ring (bicyclic) bond motifs is 1. The lowest BCUT2D eigenvalue weighted by molar-refractivity contribution is -0.119. The molecule has 0 aliphatic heterocycles. The third kappa shape index (κ3) is 4.54. The van der Waals surface area contributed by atoms with Gasteiger partial charge in [-0.3, -0.25) is 14.2 Å². The standard InChI is InChI=1S/C23H21FN4O2S/c1-14-12-19-21(25-14)22(30)28(18-10-8-17(24)9-11-18)23(27-19)31-13-20(29)26-15(2)16-6-4-3-5-7-16/h3-12,15,25H,13H2,1-2H3,(H,26,29). The van der Waals surface area contributed by atoms with E-state index in [2.05, 4.69) is 15.3 Å². The summed E-state index contributed by atoms with van der Waals surface area (Å²) in [5.74, 6) is -0.490. The minimum absolute atomic E-state index is 0.0831. The number of nitrogens with zero attached hydrogens (tertiary/aromatic N) is 2. The number of aromatic nitrogens is 3. The van der Waals surface area contributed by atoms with Gasteiger partial charge >= 0.3 is 0 Å². The normalized spacial score (nSPS) is 12.1. The smallest absolute Gasteiger partial charge is 0.283 e. The molecule has 2 aromatic carbocycles. The number of thioether (sulfide) groups is 1. The highest BCUT2D eigenvalue weighted by atomic mass is 32.2. The van der Waals surface area contributed by atoms with Crippen LogP contribution < -0.4 is 10.9 Å². The Bertz CT molecular complexity index is 1280. The molecule has 0 bridgehead atoms. The van der Waals surface area contributed by atoms with E-state index in [4.69, 9.17) is 0 Å². The number of hydrogen-bond acceptors (Lipinski definition) is 4. The van der Waals surface area contributed by atoms with Gasteiger partial charge in [0, 0.05) is 5.69 Å². The minimum Gasteiger partial charge on any atom is -0.353 e. The Morgan fingerprint density at radius 2 is 1.90 bits per heavy atom. The van der Waals surface area contributed by atoms with Gasteiger partial charge in [0.25, 0.3) is 5.56 Å². The van der Waals surface area contributed by atoms with Crippen LogP contribution in [-0.4, -0.2) is 26.2 Å². The number of aryl methyl sites for hydroxylation is 1. The highest BCUT2D eigenvalue weighted by Crippen LogP contribution is 2.22. The van der Waals surface area contributed by atoms with Gasteiger partial charge in [0.1, 0.15) is 11.3 Å². The van der Waals surface area contributed by atoms with Crippen molar-refractivity contribution in [2.24, 2.45) is 0 Å². The predicted octanol–water partition coefficient (Wildman–Crippen LogP) is 4.13. The van der Waals surface area contributed by atoms with Gasteiger partial charge in [-0.25, -0.2) is 9.37 Å². The molecule has 0 fully saturated rings. The van der Waals surface area contributed by atoms with Crippen LogP contribution >= 0.6 is 11.8 Å². The van der Waals surface area contributed by atoms with Crippen molar-refractivity contribution < 1.29 is 9.18 Å². The molecule has 6 nitrogen and oxygen atoms in total. The molecule has 158 valence electrons. The van der Waals surface area contributed by atoms with Gasteiger partial charge in [-0.15, -0.1) is 0 Å². The second-order valence-corrected chi connectivity index (χ2v) is 8.16. The molecule has 1 unspecified atom stereocenters. The second-order valence-electron chi connectivity index (χ2n) is 7.21. The number of nitrogens with one attached hydrogen (secondary N) is 2. The topological polar surface area (TPSA) is 79.8 Å². The summed E-state index contributed by atoms with van der Waals surface area (Å²) in [6, 6.07) is 16.9. The summed E-state index contributed by atoms with van der Waals surface area (Å²) in [5, 5.41) is 3.32. The average molecular weight is 437 g/mol. The maximum absolute atomic E-state index is 13.4. The first-order valence-corrected chi connectivity index (χ1v) is 10.8. The Morgan fingerprint density at radius 1 is 1.19 bits per heavy atom. The maximum Gasteiger partial charge on any atom is 0.283 e. The van der Waals surface area contributed by atoms with Gasteiger partial charge in [0.05, 0.1) is 23.0 Å². The van der Waals surface area contributed by atoms with E-state index >= 15 is 0 Å². The van der Waals surface area contributed by atoms with Crippen LogP contribution in [0.2, 0.25) is 0 Å². The second kappa shape index (κ2) is 8.77. The number of benzene rings is 2. The van der Waals surface area contributed by atoms with Crippen molar-refractivity contribution in [2.75, 3.05) is 5.75 Å². The van der Waals surface area contributed by atoms with Gasteiger partial charge in [0.2, 0.25) is 5.91 Å². The van der Waals surface area contributed by atoms with Crippen LogP contribution in [0.1, 0.15) is 24.2 Å². The molecule has 0 radical (unpaired) electrons. The molecule has 2 N–H and O–H groups in total. The van der Waals surface area contributed by atoms with Crippen LogP contribution in [0, 0.1) is 12.7 Å². The summed E-state index contributed by atoms with van der Waals surface area (Å²) in [6.45, 7) is 3.76. The number of halogens is 1. The van der Waals surface area contributed by atoms with Gasteiger partial charge in [-0.05, 0) is 49.7 Å². The highest BCUT2D eigenvalue weighted by molar-refractivity contribution is 7.99. The van der Waals surface area contributed by atoms with E-state index in [-0.39, 0.29) is 23.3 Å². The molecular formula is C23H21FN4O2S. The van der Waals surface area contributed by atoms with E-state index in [9.17, 15) is 14.0 Å². The first-order valence-electron chi connectivity index (χ1n) is 9.78. The van der Waals surface area contributed by atoms with Gasteiger partial charge in [0.15, 0.2) is 5.16 Å². The van der Waals surface area contributed by atoms with Crippen molar-refractivity contribution in [3.05, 3.63) is 88.1 Å². The van der Waals surface area contributed by atoms with E-state index in [1.807, 2.05) is 44.2 Å². The molecule has 0 spiro atoms. The van der Waals surface area contributed by atoms with Crippen molar-refractivity contribution in [1.29, 1.82) is 0 Å². The average Bonchev–Trinajstić information content (AvgIpc) is 3.14. The van der Waals surface area contributed by atoms with E-state index < -0.39 is 5.82 Å². The van der Waals surface area contributed by atoms with Gasteiger partial charge < -0.3 is 10.3 Å². The summed E-state index contributed by atoms with van der Waals surface area (Å²) >= 11 is 1.16. The Kier molecular flexibility index (Phi) is 5.90. The maximum atomic E-state index is 13.4. The molecule has 0 saturated heterocycles. The molecule has 2 heterocycles. The van der Waals surface area contributed by atoms with Crippen molar-refractivity contribution in [2.45, 2.75) is 25.0 Å². The zero-order valence-electron chi connectivity index (χ0n) is 17.1. The van der Waals surface area contributed by atoms with Crippen LogP contribution in [-0.2, 0) is 4.79 Å². The molecular weight excluding hydrogens is 415 g/mol. The summed E-state index contributed by atoms with van der Waals surface area (Å²) in [6.07, 6.45) is 0. The third-order valence-electron chi connectivity index (χ3n) is 4.85. The van der Waals surface area contributed by atoms with Gasteiger partial charge in [-0.2, -0.15) is 0 Å². The molecule has 0 saturated carbocycles. The first-order chi connectivity index (χ1) is 14.9. The summed E-state index contributed by atoms with van der Waals surface area (Å²) in [5.41, 5.74) is 2.89. The lowest BCUT2D eigenvalue weighted by Gasteiger charge is -2.15. The third-order valence-corrected chi connectivity index (χ3v) is 5.79. The van der Waals surface area contributed by atoms with Crippen LogP contribution in [0.5, 0.6) is 0 Å². The molecule has 2 aromatic heterocycles. The lowest BCUT2D eigenvalue weighted by Crippen LogP contribution is -2.29. The SMILES string of the molecule is Cc1cc2nc(SCC(=O)NC(C)c3ccccc3)n(-c3ccc(F)cc3)c(=O)c2[nH]1. The van der Waals surface area contributed by atoms with Crippen molar-refractivity contribution in [3.63, 3.8) is 0 Å². The number of aromatic amines is 1. The number of carbonyl (C=O) groups excluding carboxylic acids is 1. The number of rotatable bonds is 6. The summed E-state index contributed by atoms with van der Waals surface area (Å²) in [7, 11) is 0. The van der Waals surface area contributed by atoms with Crippen LogP contribution in [0.4, 0.5) is 4.39 Å². The fraction of sp³-hybridized carbons (Fsp3) is 0.174. The zero-order valence-corrected chi connectivity index (χ0v) is 17.9. The molecule has 1 amide bonds. The Hall–Kier alpha value is -3.39. The van der Waals surface area contributed by atoms with Crippen LogP contribution in [0.25, 0.3) is 16.7 Å². The molecule has 4 aromatic rings. The molecule has 31 heavy (non-hydrogen) atoms. The predicted molar refractivity (Wildman–Crippen MR) is 120 cm³/mol. The lowest BCUT2D eigenvalue weighted by atomic mass is 10.1. The van der Waals surface area contributed by atoms with Crippen molar-refractivity contribution in [3.8, 4) is 5.69 Å². The quantitative estimate of drug-likeness (QED) is 0.352. The fourth-order valence-corrected chi connectivity index (χ4v) is 4.15. The molecule has 8 heteroatoms. The molecule has 4 rings (SSSR count). The number of H-pyrrole nitrogens is 1. The molecule has 0 aliphatic carbocycles. The van der Waals surface area contributed by atoms with Gasteiger partial charge in [-0.1, -0.05) is 42.1 Å². The Labute approximate surface area is 182 Å². The number of amides is 1. The van der Waals surface area contributed by atoms with E-state index in [1.54, 1.807) is 6.07 Å². The number of carbonyl (C=O) groups is 1.